The van der Waals surface area contributed by atoms with Gasteiger partial charge in [-0.05, 0) is 11.6 Å². The molecule has 1 fully saturated rings. The van der Waals surface area contributed by atoms with Crippen molar-refractivity contribution in [1.29, 1.82) is 0 Å². The van der Waals surface area contributed by atoms with Crippen molar-refractivity contribution in [2.24, 2.45) is 0 Å². The van der Waals surface area contributed by atoms with E-state index in [0.29, 0.717) is 17.5 Å². The van der Waals surface area contributed by atoms with Crippen molar-refractivity contribution < 1.29 is 4.74 Å². The molecule has 1 aliphatic rings. The highest BCUT2D eigenvalue weighted by Crippen LogP contribution is 2.24. The number of nitrogens with two attached hydrogens (primary N) is 2. The first-order valence-corrected chi connectivity index (χ1v) is 4.02. The molecule has 1 saturated heterocycles. The highest BCUT2D eigenvalue weighted by molar-refractivity contribution is 5.67. The van der Waals surface area contributed by atoms with Gasteiger partial charge in [0.15, 0.2) is 0 Å². The van der Waals surface area contributed by atoms with Crippen LogP contribution in [0.4, 0.5) is 11.4 Å². The Morgan fingerprint density at radius 1 is 1.42 bits per heavy atom. The molecule has 1 aliphatic heterocycles. The topological polar surface area (TPSA) is 64.6 Å². The van der Waals surface area contributed by atoms with Crippen molar-refractivity contribution >= 4 is 11.4 Å². The summed E-state index contributed by atoms with van der Waals surface area (Å²) in [6, 6.07) is 5.73. The molecule has 1 aromatic carbocycles. The molecule has 1 aromatic rings. The maximum Gasteiger partial charge on any atom is 0.0850 e. The first kappa shape index (κ1) is 7.43. The lowest BCUT2D eigenvalue weighted by molar-refractivity contribution is 0.408. The van der Waals surface area contributed by atoms with E-state index in [0.717, 1.165) is 18.6 Å². The zero-order valence-electron chi connectivity index (χ0n) is 6.79. The maximum absolute atomic E-state index is 5.78. The van der Waals surface area contributed by atoms with Gasteiger partial charge in [0.2, 0.25) is 0 Å². The molecular weight excluding hydrogens is 152 g/mol. The fraction of sp³-hybridized carbons (Fsp3) is 0.333. The number of ether oxygens (including phenoxy) is 1. The van der Waals surface area contributed by atoms with E-state index in [1.807, 2.05) is 18.2 Å². The molecule has 64 valence electrons. The normalized spacial score (nSPS) is 20.8. The molecule has 1 atom stereocenters. The summed E-state index contributed by atoms with van der Waals surface area (Å²) in [7, 11) is 0. The number of hydrogen-bond acceptors (Lipinski definition) is 3. The number of para-hydroxylation sites is 1. The quantitative estimate of drug-likeness (QED) is 0.501. The van der Waals surface area contributed by atoms with Crippen LogP contribution in [0.1, 0.15) is 5.56 Å². The Balaban J connectivity index is 2.23. The number of nitrogen functional groups attached to an aromatic ring is 2. The Morgan fingerprint density at radius 3 is 2.83 bits per heavy atom. The molecule has 0 aromatic heterocycles. The Bertz CT molecular complexity index is 295. The molecule has 0 saturated carbocycles. The minimum absolute atomic E-state index is 0.370. The highest BCUT2D eigenvalue weighted by atomic mass is 16.6. The standard InChI is InChI=1S/C9H12N2O/c10-8-3-1-2-6(9(8)11)4-7-5-12-7/h1-3,7H,4-5,10-11H2. The summed E-state index contributed by atoms with van der Waals surface area (Å²) in [5.74, 6) is 0. The third kappa shape index (κ3) is 1.36. The number of epoxide rings is 1. The van der Waals surface area contributed by atoms with Gasteiger partial charge in [0.1, 0.15) is 0 Å². The number of anilines is 2. The average molecular weight is 164 g/mol. The second-order valence-corrected chi connectivity index (χ2v) is 3.08. The number of hydrogen-bond donors (Lipinski definition) is 2. The summed E-state index contributed by atoms with van der Waals surface area (Å²) in [6.07, 6.45) is 1.26. The molecule has 1 heterocycles. The summed E-state index contributed by atoms with van der Waals surface area (Å²) in [5, 5.41) is 0. The van der Waals surface area contributed by atoms with Crippen LogP contribution in [0.2, 0.25) is 0 Å². The van der Waals surface area contributed by atoms with Crippen molar-refractivity contribution in [2.45, 2.75) is 12.5 Å². The fourth-order valence-corrected chi connectivity index (χ4v) is 1.24. The molecule has 0 amide bonds. The summed E-state index contributed by atoms with van der Waals surface area (Å²) in [5.41, 5.74) is 13.9. The first-order chi connectivity index (χ1) is 5.77. The smallest absolute Gasteiger partial charge is 0.0850 e. The largest absolute Gasteiger partial charge is 0.397 e. The Hall–Kier alpha value is -1.22. The van der Waals surface area contributed by atoms with Gasteiger partial charge in [0.05, 0.1) is 24.1 Å². The number of rotatable bonds is 2. The summed E-state index contributed by atoms with van der Waals surface area (Å²) < 4.78 is 5.11. The Labute approximate surface area is 71.3 Å². The third-order valence-electron chi connectivity index (χ3n) is 2.08. The minimum Gasteiger partial charge on any atom is -0.397 e. The van der Waals surface area contributed by atoms with E-state index in [2.05, 4.69) is 0 Å². The minimum atomic E-state index is 0.370. The van der Waals surface area contributed by atoms with E-state index in [1.54, 1.807) is 0 Å². The van der Waals surface area contributed by atoms with Crippen LogP contribution >= 0.6 is 0 Å². The molecule has 0 aliphatic carbocycles. The van der Waals surface area contributed by atoms with Crippen LogP contribution in [0.15, 0.2) is 18.2 Å². The lowest BCUT2D eigenvalue weighted by atomic mass is 10.1. The van der Waals surface area contributed by atoms with E-state index in [4.69, 9.17) is 16.2 Å². The summed E-state index contributed by atoms with van der Waals surface area (Å²) in [6.45, 7) is 0.855. The zero-order chi connectivity index (χ0) is 8.55. The molecule has 1 unspecified atom stereocenters. The van der Waals surface area contributed by atoms with Crippen LogP contribution < -0.4 is 11.5 Å². The van der Waals surface area contributed by atoms with E-state index in [9.17, 15) is 0 Å². The van der Waals surface area contributed by atoms with Crippen molar-refractivity contribution in [2.75, 3.05) is 18.1 Å². The van der Waals surface area contributed by atoms with Crippen molar-refractivity contribution in [3.05, 3.63) is 23.8 Å². The molecule has 2 rings (SSSR count). The second kappa shape index (κ2) is 2.68. The molecule has 0 spiro atoms. The van der Waals surface area contributed by atoms with E-state index in [-0.39, 0.29) is 0 Å². The molecule has 3 nitrogen and oxygen atoms in total. The molecule has 12 heavy (non-hydrogen) atoms. The Morgan fingerprint density at radius 2 is 2.17 bits per heavy atom. The van der Waals surface area contributed by atoms with Gasteiger partial charge in [0, 0.05) is 6.42 Å². The monoisotopic (exact) mass is 164 g/mol. The first-order valence-electron chi connectivity index (χ1n) is 4.02. The zero-order valence-corrected chi connectivity index (χ0v) is 6.79. The van der Waals surface area contributed by atoms with Crippen molar-refractivity contribution in [1.82, 2.24) is 0 Å². The molecule has 3 heteroatoms. The predicted molar refractivity (Wildman–Crippen MR) is 48.7 cm³/mol. The predicted octanol–water partition coefficient (Wildman–Crippen LogP) is 0.792. The second-order valence-electron chi connectivity index (χ2n) is 3.08. The van der Waals surface area contributed by atoms with Gasteiger partial charge < -0.3 is 16.2 Å². The van der Waals surface area contributed by atoms with Crippen LogP contribution in [-0.2, 0) is 11.2 Å². The van der Waals surface area contributed by atoms with Gasteiger partial charge in [-0.15, -0.1) is 0 Å². The van der Waals surface area contributed by atoms with Gasteiger partial charge in [-0.1, -0.05) is 12.1 Å². The van der Waals surface area contributed by atoms with Crippen LogP contribution in [0.5, 0.6) is 0 Å². The van der Waals surface area contributed by atoms with Crippen LogP contribution in [0.25, 0.3) is 0 Å². The third-order valence-corrected chi connectivity index (χ3v) is 2.08. The Kier molecular flexibility index (Phi) is 1.66. The molecule has 0 radical (unpaired) electrons. The van der Waals surface area contributed by atoms with Crippen LogP contribution in [0.3, 0.4) is 0 Å². The lowest BCUT2D eigenvalue weighted by Crippen LogP contribution is -2.02. The van der Waals surface area contributed by atoms with E-state index < -0.39 is 0 Å². The van der Waals surface area contributed by atoms with Gasteiger partial charge in [-0.2, -0.15) is 0 Å². The van der Waals surface area contributed by atoms with E-state index >= 15 is 0 Å². The maximum atomic E-state index is 5.78. The van der Waals surface area contributed by atoms with E-state index in [1.165, 1.54) is 0 Å². The highest BCUT2D eigenvalue weighted by Gasteiger charge is 2.23. The van der Waals surface area contributed by atoms with Crippen LogP contribution in [-0.4, -0.2) is 12.7 Å². The SMILES string of the molecule is Nc1cccc(CC2CO2)c1N. The van der Waals surface area contributed by atoms with Crippen molar-refractivity contribution in [3.8, 4) is 0 Å². The van der Waals surface area contributed by atoms with Gasteiger partial charge in [0.25, 0.3) is 0 Å². The lowest BCUT2D eigenvalue weighted by Gasteiger charge is -2.05. The average Bonchev–Trinajstić information content (AvgIpc) is 2.83. The molecule has 4 N–H and O–H groups in total. The van der Waals surface area contributed by atoms with Crippen molar-refractivity contribution in [3.63, 3.8) is 0 Å². The molecule has 0 bridgehead atoms. The fourth-order valence-electron chi connectivity index (χ4n) is 1.24. The van der Waals surface area contributed by atoms with Gasteiger partial charge >= 0.3 is 0 Å². The molecular formula is C9H12N2O. The van der Waals surface area contributed by atoms with Gasteiger partial charge in [-0.25, -0.2) is 0 Å². The summed E-state index contributed by atoms with van der Waals surface area (Å²) in [4.78, 5) is 0. The van der Waals surface area contributed by atoms with Crippen LogP contribution in [0, 0.1) is 0 Å². The number of benzene rings is 1. The van der Waals surface area contributed by atoms with Gasteiger partial charge in [-0.3, -0.25) is 0 Å². The summed E-state index contributed by atoms with van der Waals surface area (Å²) >= 11 is 0.